The highest BCUT2D eigenvalue weighted by atomic mass is 16.2. The molecule has 56 valence electrons. The molecule has 0 aromatic heterocycles. The third-order valence-electron chi connectivity index (χ3n) is 1.51. The summed E-state index contributed by atoms with van der Waals surface area (Å²) >= 11 is 0. The van der Waals surface area contributed by atoms with Gasteiger partial charge in [0.25, 0.3) is 0 Å². The van der Waals surface area contributed by atoms with E-state index < -0.39 is 0 Å². The van der Waals surface area contributed by atoms with E-state index in [-0.39, 0.29) is 11.8 Å². The van der Waals surface area contributed by atoms with Gasteiger partial charge in [-0.3, -0.25) is 4.79 Å². The lowest BCUT2D eigenvalue weighted by Crippen LogP contribution is -2.25. The molecule has 10 heavy (non-hydrogen) atoms. The summed E-state index contributed by atoms with van der Waals surface area (Å²) in [6, 6.07) is 0. The predicted octanol–water partition coefficient (Wildman–Crippen LogP) is 0.102. The van der Waals surface area contributed by atoms with Crippen LogP contribution in [0.1, 0.15) is 19.3 Å². The predicted molar refractivity (Wildman–Crippen MR) is 36.4 cm³/mol. The molecule has 0 aromatic rings. The highest BCUT2D eigenvalue weighted by molar-refractivity contribution is 5.80. The quantitative estimate of drug-likeness (QED) is 0.446. The molecule has 3 nitrogen and oxygen atoms in total. The van der Waals surface area contributed by atoms with E-state index in [1.165, 1.54) is 0 Å². The van der Waals surface area contributed by atoms with Gasteiger partial charge in [-0.15, -0.1) is 0 Å². The van der Waals surface area contributed by atoms with Crippen LogP contribution >= 0.6 is 0 Å². The molecule has 1 fully saturated rings. The zero-order valence-corrected chi connectivity index (χ0v) is 5.80. The van der Waals surface area contributed by atoms with Gasteiger partial charge < -0.3 is 10.1 Å². The summed E-state index contributed by atoms with van der Waals surface area (Å²) in [5, 5.41) is 2.68. The Morgan fingerprint density at radius 3 is 2.80 bits per heavy atom. The lowest BCUT2D eigenvalue weighted by molar-refractivity contribution is -0.122. The van der Waals surface area contributed by atoms with E-state index in [9.17, 15) is 9.59 Å². The summed E-state index contributed by atoms with van der Waals surface area (Å²) in [6.07, 6.45) is 3.28. The maximum atomic E-state index is 10.9. The Balaban J connectivity index is 2.00. The molecule has 0 heterocycles. The van der Waals surface area contributed by atoms with Crippen LogP contribution in [0, 0.1) is 5.92 Å². The van der Waals surface area contributed by atoms with Crippen LogP contribution in [0.15, 0.2) is 0 Å². The smallest absolute Gasteiger partial charge is 0.223 e. The fourth-order valence-electron chi connectivity index (χ4n) is 0.744. The molecule has 1 amide bonds. The van der Waals surface area contributed by atoms with Crippen molar-refractivity contribution in [3.63, 3.8) is 0 Å². The molecule has 0 aliphatic heterocycles. The summed E-state index contributed by atoms with van der Waals surface area (Å²) in [4.78, 5) is 20.7. The van der Waals surface area contributed by atoms with Crippen molar-refractivity contribution in [1.82, 2.24) is 5.32 Å². The molecule has 0 spiro atoms. The number of carbonyl (C=O) groups excluding carboxylic acids is 2. The lowest BCUT2D eigenvalue weighted by atomic mass is 10.4. The van der Waals surface area contributed by atoms with Crippen molar-refractivity contribution < 1.29 is 9.59 Å². The maximum Gasteiger partial charge on any atom is 0.223 e. The van der Waals surface area contributed by atoms with Crippen molar-refractivity contribution in [3.8, 4) is 0 Å². The lowest BCUT2D eigenvalue weighted by Gasteiger charge is -1.98. The monoisotopic (exact) mass is 141 g/mol. The van der Waals surface area contributed by atoms with Crippen molar-refractivity contribution in [1.29, 1.82) is 0 Å². The first kappa shape index (κ1) is 7.25. The number of amides is 1. The van der Waals surface area contributed by atoms with Crippen molar-refractivity contribution >= 4 is 12.2 Å². The van der Waals surface area contributed by atoms with Crippen LogP contribution in [0.2, 0.25) is 0 Å². The third-order valence-corrected chi connectivity index (χ3v) is 1.51. The van der Waals surface area contributed by atoms with E-state index in [4.69, 9.17) is 0 Å². The van der Waals surface area contributed by atoms with Crippen LogP contribution in [-0.2, 0) is 9.59 Å². The number of nitrogens with one attached hydrogen (secondary N) is 1. The Kier molecular flexibility index (Phi) is 2.42. The highest BCUT2D eigenvalue weighted by Crippen LogP contribution is 2.28. The van der Waals surface area contributed by atoms with Crippen LogP contribution in [0.3, 0.4) is 0 Å². The average Bonchev–Trinajstić information content (AvgIpc) is 2.69. The topological polar surface area (TPSA) is 46.2 Å². The molecule has 0 aromatic carbocycles. The summed E-state index contributed by atoms with van der Waals surface area (Å²) < 4.78 is 0. The second kappa shape index (κ2) is 3.34. The van der Waals surface area contributed by atoms with Gasteiger partial charge in [-0.25, -0.2) is 0 Å². The number of hydrogen-bond acceptors (Lipinski definition) is 2. The van der Waals surface area contributed by atoms with E-state index in [0.29, 0.717) is 13.0 Å². The number of rotatable bonds is 4. The maximum absolute atomic E-state index is 10.9. The van der Waals surface area contributed by atoms with Crippen LogP contribution in [0.5, 0.6) is 0 Å². The van der Waals surface area contributed by atoms with E-state index in [1.807, 2.05) is 0 Å². The molecule has 1 rings (SSSR count). The first-order chi connectivity index (χ1) is 4.84. The Hall–Kier alpha value is -0.860. The fourth-order valence-corrected chi connectivity index (χ4v) is 0.744. The van der Waals surface area contributed by atoms with E-state index in [0.717, 1.165) is 19.1 Å². The normalized spacial score (nSPS) is 16.4. The summed E-state index contributed by atoms with van der Waals surface area (Å²) in [5.74, 6) is 0.369. The molecule has 0 radical (unpaired) electrons. The van der Waals surface area contributed by atoms with Crippen LogP contribution in [-0.4, -0.2) is 18.7 Å². The van der Waals surface area contributed by atoms with E-state index in [2.05, 4.69) is 5.32 Å². The Bertz CT molecular complexity index is 141. The van der Waals surface area contributed by atoms with E-state index >= 15 is 0 Å². The Morgan fingerprint density at radius 2 is 2.30 bits per heavy atom. The van der Waals surface area contributed by atoms with Crippen LogP contribution in [0.25, 0.3) is 0 Å². The second-order valence-corrected chi connectivity index (χ2v) is 2.52. The second-order valence-electron chi connectivity index (χ2n) is 2.52. The van der Waals surface area contributed by atoms with Gasteiger partial charge in [-0.1, -0.05) is 0 Å². The van der Waals surface area contributed by atoms with Crippen molar-refractivity contribution in [2.75, 3.05) is 6.54 Å². The molecule has 0 saturated heterocycles. The number of aldehydes is 1. The van der Waals surface area contributed by atoms with Gasteiger partial charge >= 0.3 is 0 Å². The minimum Gasteiger partial charge on any atom is -0.355 e. The molecule has 1 N–H and O–H groups in total. The summed E-state index contributed by atoms with van der Waals surface area (Å²) in [6.45, 7) is 0.499. The largest absolute Gasteiger partial charge is 0.355 e. The molecule has 3 heteroatoms. The first-order valence-corrected chi connectivity index (χ1v) is 3.56. The molecule has 1 aliphatic carbocycles. The van der Waals surface area contributed by atoms with Crippen molar-refractivity contribution in [3.05, 3.63) is 0 Å². The minimum atomic E-state index is 0.113. The third kappa shape index (κ3) is 2.17. The SMILES string of the molecule is O=CCCNC(=O)C1CC1. The first-order valence-electron chi connectivity index (χ1n) is 3.56. The molecular weight excluding hydrogens is 130 g/mol. The van der Waals surface area contributed by atoms with Crippen molar-refractivity contribution in [2.45, 2.75) is 19.3 Å². The van der Waals surface area contributed by atoms with E-state index in [1.54, 1.807) is 0 Å². The zero-order valence-electron chi connectivity index (χ0n) is 5.80. The average molecular weight is 141 g/mol. The van der Waals surface area contributed by atoms with Gasteiger partial charge in [-0.05, 0) is 12.8 Å². The molecule has 0 unspecified atom stereocenters. The summed E-state index contributed by atoms with van der Waals surface area (Å²) in [5.41, 5.74) is 0. The summed E-state index contributed by atoms with van der Waals surface area (Å²) in [7, 11) is 0. The molecule has 1 saturated carbocycles. The van der Waals surface area contributed by atoms with Crippen LogP contribution in [0.4, 0.5) is 0 Å². The van der Waals surface area contributed by atoms with Gasteiger partial charge in [0.15, 0.2) is 0 Å². The molecular formula is C7H11NO2. The standard InChI is InChI=1S/C7H11NO2/c9-5-1-4-8-7(10)6-2-3-6/h5-6H,1-4H2,(H,8,10). The molecule has 0 atom stereocenters. The fraction of sp³-hybridized carbons (Fsp3) is 0.714. The minimum absolute atomic E-state index is 0.113. The number of hydrogen-bond donors (Lipinski definition) is 1. The highest BCUT2D eigenvalue weighted by Gasteiger charge is 2.28. The number of carbonyl (C=O) groups is 2. The zero-order chi connectivity index (χ0) is 7.40. The van der Waals surface area contributed by atoms with Gasteiger partial charge in [0.1, 0.15) is 6.29 Å². The van der Waals surface area contributed by atoms with Crippen LogP contribution < -0.4 is 5.32 Å². The van der Waals surface area contributed by atoms with Crippen molar-refractivity contribution in [2.24, 2.45) is 5.92 Å². The van der Waals surface area contributed by atoms with Gasteiger partial charge in [0.2, 0.25) is 5.91 Å². The van der Waals surface area contributed by atoms with Gasteiger partial charge in [-0.2, -0.15) is 0 Å². The Labute approximate surface area is 59.8 Å². The molecule has 1 aliphatic rings. The van der Waals surface area contributed by atoms with Gasteiger partial charge in [0, 0.05) is 18.9 Å². The Morgan fingerprint density at radius 1 is 1.60 bits per heavy atom. The van der Waals surface area contributed by atoms with Gasteiger partial charge in [0.05, 0.1) is 0 Å². The molecule has 0 bridgehead atoms.